The summed E-state index contributed by atoms with van der Waals surface area (Å²) in [5, 5.41) is 15.4. The lowest BCUT2D eigenvalue weighted by molar-refractivity contribution is 1.61. The van der Waals surface area contributed by atoms with E-state index in [4.69, 9.17) is 0 Å². The van der Waals surface area contributed by atoms with Crippen molar-refractivity contribution in [3.8, 4) is 33.4 Å². The Balaban J connectivity index is 1.33. The molecular weight excluding hydrogens is 577 g/mol. The van der Waals surface area contributed by atoms with Crippen LogP contribution in [0.15, 0.2) is 182 Å². The van der Waals surface area contributed by atoms with Crippen LogP contribution in [0.1, 0.15) is 0 Å². The summed E-state index contributed by atoms with van der Waals surface area (Å²) in [5.74, 6) is 0. The highest BCUT2D eigenvalue weighted by Gasteiger charge is 2.20. The van der Waals surface area contributed by atoms with Crippen molar-refractivity contribution in [3.63, 3.8) is 0 Å². The minimum absolute atomic E-state index is 1.24. The van der Waals surface area contributed by atoms with Gasteiger partial charge in [-0.3, -0.25) is 0 Å². The largest absolute Gasteiger partial charge is 0.0616 e. The number of hydrogen-bond donors (Lipinski definition) is 0. The fourth-order valence-corrected chi connectivity index (χ4v) is 8.18. The normalized spacial score (nSPS) is 11.8. The summed E-state index contributed by atoms with van der Waals surface area (Å²) >= 11 is 0. The standard InChI is InChI=1S/C48H30/c1-3-15-33-31(13-1)27-29-42-35(33)23-11-24-38(42)36-17-5-8-21-41(36)45-30-28-32-14-2-4-16-34(32)47(45)46-26-12-25-44-40-19-7-6-18-37(40)39-20-9-10-22-43(39)48(44)46/h1-30H. The molecule has 0 saturated carbocycles. The molecule has 222 valence electrons. The molecule has 0 saturated heterocycles. The van der Waals surface area contributed by atoms with E-state index in [2.05, 4.69) is 182 Å². The van der Waals surface area contributed by atoms with Gasteiger partial charge in [-0.25, -0.2) is 0 Å². The molecule has 0 atom stereocenters. The van der Waals surface area contributed by atoms with Crippen molar-refractivity contribution < 1.29 is 0 Å². The van der Waals surface area contributed by atoms with Gasteiger partial charge < -0.3 is 0 Å². The molecular formula is C48H30. The van der Waals surface area contributed by atoms with Crippen LogP contribution in [0.2, 0.25) is 0 Å². The van der Waals surface area contributed by atoms with Gasteiger partial charge in [-0.2, -0.15) is 0 Å². The molecule has 0 heteroatoms. The quantitative estimate of drug-likeness (QED) is 0.176. The number of fused-ring (bicyclic) bond motifs is 10. The monoisotopic (exact) mass is 606 g/mol. The topological polar surface area (TPSA) is 0 Å². The van der Waals surface area contributed by atoms with Crippen molar-refractivity contribution in [2.45, 2.75) is 0 Å². The molecule has 0 nitrogen and oxygen atoms in total. The van der Waals surface area contributed by atoms with E-state index in [-0.39, 0.29) is 0 Å². The first-order valence-electron chi connectivity index (χ1n) is 16.7. The molecule has 0 spiro atoms. The van der Waals surface area contributed by atoms with Gasteiger partial charge in [-0.1, -0.05) is 182 Å². The van der Waals surface area contributed by atoms with E-state index in [0.29, 0.717) is 0 Å². The lowest BCUT2D eigenvalue weighted by atomic mass is 9.82. The van der Waals surface area contributed by atoms with Gasteiger partial charge in [0.25, 0.3) is 0 Å². The molecule has 0 aliphatic heterocycles. The second-order valence-corrected chi connectivity index (χ2v) is 12.8. The van der Waals surface area contributed by atoms with Crippen LogP contribution in [-0.4, -0.2) is 0 Å². The fourth-order valence-electron chi connectivity index (χ4n) is 8.18. The molecule has 0 aromatic heterocycles. The van der Waals surface area contributed by atoms with Crippen molar-refractivity contribution >= 4 is 64.6 Å². The van der Waals surface area contributed by atoms with Gasteiger partial charge in [0, 0.05) is 0 Å². The van der Waals surface area contributed by atoms with Crippen LogP contribution in [0.4, 0.5) is 0 Å². The molecule has 0 radical (unpaired) electrons. The maximum Gasteiger partial charge on any atom is -0.00199 e. The SMILES string of the molecule is c1ccc(-c2cccc3c2ccc2ccccc23)c(-c2ccc3ccccc3c2-c2cccc3c4ccccc4c4ccccc4c23)c1. The summed E-state index contributed by atoms with van der Waals surface area (Å²) in [4.78, 5) is 0. The van der Waals surface area contributed by atoms with Crippen molar-refractivity contribution in [2.75, 3.05) is 0 Å². The molecule has 0 fully saturated rings. The molecule has 10 aromatic rings. The van der Waals surface area contributed by atoms with Gasteiger partial charge in [-0.15, -0.1) is 0 Å². The predicted octanol–water partition coefficient (Wildman–Crippen LogP) is 13.6. The van der Waals surface area contributed by atoms with E-state index >= 15 is 0 Å². The summed E-state index contributed by atoms with van der Waals surface area (Å²) in [5.41, 5.74) is 7.51. The molecule has 0 amide bonds. The second kappa shape index (κ2) is 10.7. The van der Waals surface area contributed by atoms with Gasteiger partial charge >= 0.3 is 0 Å². The first-order valence-corrected chi connectivity index (χ1v) is 16.7. The third kappa shape index (κ3) is 3.96. The Kier molecular flexibility index (Phi) is 5.98. The highest BCUT2D eigenvalue weighted by molar-refractivity contribution is 6.30. The van der Waals surface area contributed by atoms with Gasteiger partial charge in [0.05, 0.1) is 0 Å². The molecule has 10 rings (SSSR count). The first-order chi connectivity index (χ1) is 23.8. The van der Waals surface area contributed by atoms with Crippen LogP contribution in [-0.2, 0) is 0 Å². The summed E-state index contributed by atoms with van der Waals surface area (Å²) in [6.07, 6.45) is 0. The molecule has 0 heterocycles. The second-order valence-electron chi connectivity index (χ2n) is 12.8. The molecule has 10 aromatic carbocycles. The Hall–Kier alpha value is -6.24. The van der Waals surface area contributed by atoms with Crippen molar-refractivity contribution in [3.05, 3.63) is 182 Å². The minimum atomic E-state index is 1.24. The lowest BCUT2D eigenvalue weighted by Gasteiger charge is -2.20. The molecule has 0 aliphatic carbocycles. The third-order valence-electron chi connectivity index (χ3n) is 10.3. The number of rotatable bonds is 3. The van der Waals surface area contributed by atoms with E-state index in [9.17, 15) is 0 Å². The van der Waals surface area contributed by atoms with Crippen LogP contribution in [0.5, 0.6) is 0 Å². The smallest absolute Gasteiger partial charge is 0.00199 e. The average molecular weight is 607 g/mol. The van der Waals surface area contributed by atoms with Gasteiger partial charge in [-0.05, 0) is 98.0 Å². The Labute approximate surface area is 279 Å². The zero-order chi connectivity index (χ0) is 31.6. The molecule has 48 heavy (non-hydrogen) atoms. The zero-order valence-corrected chi connectivity index (χ0v) is 26.3. The minimum Gasteiger partial charge on any atom is -0.0616 e. The zero-order valence-electron chi connectivity index (χ0n) is 26.3. The van der Waals surface area contributed by atoms with Crippen LogP contribution in [0, 0.1) is 0 Å². The lowest BCUT2D eigenvalue weighted by Crippen LogP contribution is -1.93. The van der Waals surface area contributed by atoms with Crippen LogP contribution < -0.4 is 0 Å². The highest BCUT2D eigenvalue weighted by atomic mass is 14.2. The van der Waals surface area contributed by atoms with Crippen LogP contribution in [0.25, 0.3) is 98.0 Å². The fraction of sp³-hybridized carbons (Fsp3) is 0. The van der Waals surface area contributed by atoms with Crippen LogP contribution in [0.3, 0.4) is 0 Å². The van der Waals surface area contributed by atoms with Crippen molar-refractivity contribution in [1.29, 1.82) is 0 Å². The number of hydrogen-bond acceptors (Lipinski definition) is 0. The van der Waals surface area contributed by atoms with E-state index in [1.807, 2.05) is 0 Å². The van der Waals surface area contributed by atoms with E-state index in [1.54, 1.807) is 0 Å². The summed E-state index contributed by atoms with van der Waals surface area (Å²) in [6.45, 7) is 0. The summed E-state index contributed by atoms with van der Waals surface area (Å²) in [7, 11) is 0. The third-order valence-corrected chi connectivity index (χ3v) is 10.3. The molecule has 0 aliphatic rings. The summed E-state index contributed by atoms with van der Waals surface area (Å²) in [6, 6.07) is 67.1. The molecule has 0 bridgehead atoms. The van der Waals surface area contributed by atoms with Gasteiger partial charge in [0.15, 0.2) is 0 Å². The van der Waals surface area contributed by atoms with E-state index in [1.165, 1.54) is 98.0 Å². The average Bonchev–Trinajstić information content (AvgIpc) is 3.17. The maximum atomic E-state index is 2.35. The van der Waals surface area contributed by atoms with Crippen molar-refractivity contribution in [2.24, 2.45) is 0 Å². The predicted molar refractivity (Wildman–Crippen MR) is 208 cm³/mol. The Bertz CT molecular complexity index is 2850. The Morgan fingerprint density at radius 1 is 0.188 bits per heavy atom. The molecule has 0 unspecified atom stereocenters. The van der Waals surface area contributed by atoms with E-state index in [0.717, 1.165) is 0 Å². The van der Waals surface area contributed by atoms with Crippen molar-refractivity contribution in [1.82, 2.24) is 0 Å². The molecule has 0 N–H and O–H groups in total. The first kappa shape index (κ1) is 26.9. The number of benzene rings is 10. The Morgan fingerprint density at radius 2 is 0.604 bits per heavy atom. The summed E-state index contributed by atoms with van der Waals surface area (Å²) < 4.78 is 0. The Morgan fingerprint density at radius 3 is 1.31 bits per heavy atom. The highest BCUT2D eigenvalue weighted by Crippen LogP contribution is 2.47. The van der Waals surface area contributed by atoms with Gasteiger partial charge in [0.2, 0.25) is 0 Å². The van der Waals surface area contributed by atoms with Gasteiger partial charge in [0.1, 0.15) is 0 Å². The van der Waals surface area contributed by atoms with Crippen LogP contribution >= 0.6 is 0 Å². The van der Waals surface area contributed by atoms with E-state index < -0.39 is 0 Å². The maximum absolute atomic E-state index is 2.35.